The van der Waals surface area contributed by atoms with E-state index in [0.29, 0.717) is 12.8 Å². The lowest BCUT2D eigenvalue weighted by Gasteiger charge is -2.22. The molecule has 0 heterocycles. The summed E-state index contributed by atoms with van der Waals surface area (Å²) in [5.74, 6) is -0.350. The Labute approximate surface area is 99.7 Å². The van der Waals surface area contributed by atoms with E-state index in [-0.39, 0.29) is 5.91 Å². The molecule has 0 fully saturated rings. The van der Waals surface area contributed by atoms with Gasteiger partial charge in [-0.25, -0.2) is 0 Å². The van der Waals surface area contributed by atoms with E-state index in [2.05, 4.69) is 4.84 Å². The number of carbonyl (C=O) groups is 1. The van der Waals surface area contributed by atoms with Gasteiger partial charge >= 0.3 is 0 Å². The second-order valence-electron chi connectivity index (χ2n) is 3.40. The van der Waals surface area contributed by atoms with Gasteiger partial charge in [-0.2, -0.15) is 0 Å². The fourth-order valence-corrected chi connectivity index (χ4v) is 1.80. The third-order valence-electron chi connectivity index (χ3n) is 2.38. The van der Waals surface area contributed by atoms with E-state index in [1.165, 1.54) is 0 Å². The summed E-state index contributed by atoms with van der Waals surface area (Å²) in [6.45, 7) is 1.86. The van der Waals surface area contributed by atoms with Gasteiger partial charge < -0.3 is 0 Å². The first-order chi connectivity index (χ1) is 7.12. The van der Waals surface area contributed by atoms with Gasteiger partial charge in [-0.3, -0.25) is 9.63 Å². The molecule has 1 amide bonds. The zero-order valence-electron chi connectivity index (χ0n) is 8.47. The minimum atomic E-state index is -0.955. The van der Waals surface area contributed by atoms with Crippen molar-refractivity contribution >= 4 is 29.3 Å². The van der Waals surface area contributed by atoms with E-state index < -0.39 is 4.87 Å². The predicted molar refractivity (Wildman–Crippen MR) is 63.0 cm³/mol. The van der Waals surface area contributed by atoms with E-state index in [9.17, 15) is 4.79 Å². The summed E-state index contributed by atoms with van der Waals surface area (Å²) in [5, 5.41) is 0. The molecule has 1 rings (SSSR count). The largest absolute Gasteiger partial charge is 0.272 e. The van der Waals surface area contributed by atoms with Crippen LogP contribution in [0, 0.1) is 0 Å². The Kier molecular flexibility index (Phi) is 4.43. The molecule has 0 bridgehead atoms. The van der Waals surface area contributed by atoms with E-state index >= 15 is 0 Å². The summed E-state index contributed by atoms with van der Waals surface area (Å²) < 4.78 is 0. The van der Waals surface area contributed by atoms with Crippen molar-refractivity contribution in [2.24, 2.45) is 0 Å². The topological polar surface area (TPSA) is 29.1 Å². The molecule has 82 valence electrons. The van der Waals surface area contributed by atoms with Gasteiger partial charge in [0.15, 0.2) is 0 Å². The number of hydrogen-bond acceptors (Lipinski definition) is 1. The fraction of sp³-hybridized carbons (Fsp3) is 0.364. The molecule has 4 heteroatoms. The number of carbonyl (C=O) groups excluding carboxylic acids is 1. The van der Waals surface area contributed by atoms with Crippen LogP contribution in [0.25, 0.3) is 0 Å². The molecule has 0 aliphatic carbocycles. The summed E-state index contributed by atoms with van der Waals surface area (Å²) in [6, 6.07) is 9.64. The van der Waals surface area contributed by atoms with Gasteiger partial charge in [0.05, 0.1) is 0 Å². The number of benzene rings is 1. The van der Waals surface area contributed by atoms with Crippen LogP contribution in [0.1, 0.15) is 18.9 Å². The number of hydrogen-bond donors (Lipinski definition) is 1. The van der Waals surface area contributed by atoms with Crippen LogP contribution in [0.4, 0.5) is 0 Å². The highest BCUT2D eigenvalue weighted by Gasteiger charge is 2.34. The van der Waals surface area contributed by atoms with Crippen molar-refractivity contribution in [3.05, 3.63) is 35.9 Å². The highest BCUT2D eigenvalue weighted by Crippen LogP contribution is 2.25. The summed E-state index contributed by atoms with van der Waals surface area (Å²) in [6.07, 6.45) is 1.01. The number of alkyl halides is 1. The van der Waals surface area contributed by atoms with Crippen molar-refractivity contribution in [1.29, 1.82) is 0 Å². The maximum Gasteiger partial charge on any atom is 0.255 e. The van der Waals surface area contributed by atoms with Crippen molar-refractivity contribution in [1.82, 2.24) is 4.84 Å². The molecular weight excluding hydrogens is 233 g/mol. The van der Waals surface area contributed by atoms with Crippen molar-refractivity contribution in [2.45, 2.75) is 24.6 Å². The van der Waals surface area contributed by atoms with Crippen molar-refractivity contribution in [2.75, 3.05) is 0 Å². The molecule has 1 aromatic carbocycles. The summed E-state index contributed by atoms with van der Waals surface area (Å²) >= 11 is 11.5. The van der Waals surface area contributed by atoms with Gasteiger partial charge in [-0.05, 0) is 12.0 Å². The lowest BCUT2D eigenvalue weighted by atomic mass is 9.95. The second kappa shape index (κ2) is 5.38. The smallest absolute Gasteiger partial charge is 0.255 e. The average molecular weight is 246 g/mol. The molecule has 0 saturated carbocycles. The first-order valence-corrected chi connectivity index (χ1v) is 5.52. The molecule has 1 aromatic rings. The van der Waals surface area contributed by atoms with Gasteiger partial charge in [-0.15, -0.1) is 11.6 Å². The molecule has 0 aliphatic heterocycles. The van der Waals surface area contributed by atoms with E-state index in [1.807, 2.05) is 37.3 Å². The minimum Gasteiger partial charge on any atom is -0.272 e. The van der Waals surface area contributed by atoms with Crippen LogP contribution in [0.5, 0.6) is 0 Å². The van der Waals surface area contributed by atoms with E-state index in [1.54, 1.807) is 0 Å². The lowest BCUT2D eigenvalue weighted by Crippen LogP contribution is -2.40. The number of rotatable bonds is 4. The van der Waals surface area contributed by atoms with Crippen molar-refractivity contribution in [3.8, 4) is 0 Å². The molecule has 0 saturated heterocycles. The molecular formula is C11H13Cl2NO. The molecule has 1 N–H and O–H groups in total. The summed E-state index contributed by atoms with van der Waals surface area (Å²) in [4.78, 5) is 12.6. The number of halogens is 2. The molecule has 0 aromatic heterocycles. The Morgan fingerprint density at radius 1 is 1.40 bits per heavy atom. The van der Waals surface area contributed by atoms with Gasteiger partial charge in [0.25, 0.3) is 5.91 Å². The average Bonchev–Trinajstić information content (AvgIpc) is 2.29. The normalized spacial score (nSPS) is 14.3. The predicted octanol–water partition coefficient (Wildman–Crippen LogP) is 2.89. The Balaban J connectivity index is 2.81. The Bertz CT molecular complexity index is 329. The van der Waals surface area contributed by atoms with Crippen molar-refractivity contribution in [3.63, 3.8) is 0 Å². The SMILES string of the molecule is CCC(Cl)(Cc1ccccc1)C(=O)NCl. The van der Waals surface area contributed by atoms with Crippen LogP contribution >= 0.6 is 23.4 Å². The second-order valence-corrected chi connectivity index (χ2v) is 4.32. The number of amides is 1. The molecule has 1 atom stereocenters. The van der Waals surface area contributed by atoms with Gasteiger partial charge in [-0.1, -0.05) is 37.3 Å². The van der Waals surface area contributed by atoms with E-state index in [0.717, 1.165) is 5.56 Å². The minimum absolute atomic E-state index is 0.350. The first-order valence-electron chi connectivity index (χ1n) is 4.76. The molecule has 2 nitrogen and oxygen atoms in total. The monoisotopic (exact) mass is 245 g/mol. The Morgan fingerprint density at radius 3 is 2.47 bits per heavy atom. The van der Waals surface area contributed by atoms with Gasteiger partial charge in [0.2, 0.25) is 0 Å². The number of nitrogens with one attached hydrogen (secondary N) is 1. The van der Waals surface area contributed by atoms with Gasteiger partial charge in [0, 0.05) is 18.2 Å². The third-order valence-corrected chi connectivity index (χ3v) is 3.12. The van der Waals surface area contributed by atoms with Crippen LogP contribution in [-0.2, 0) is 11.2 Å². The quantitative estimate of drug-likeness (QED) is 0.642. The summed E-state index contributed by atoms with van der Waals surface area (Å²) in [5.41, 5.74) is 1.02. The summed E-state index contributed by atoms with van der Waals surface area (Å²) in [7, 11) is 0. The maximum atomic E-state index is 11.5. The van der Waals surface area contributed by atoms with Crippen LogP contribution < -0.4 is 4.84 Å². The Hall–Kier alpha value is -0.730. The standard InChI is InChI=1S/C11H13Cl2NO/c1-2-11(12,10(15)14-13)8-9-6-4-3-5-7-9/h3-7H,2,8H2,1H3,(H,14,15). The zero-order valence-corrected chi connectivity index (χ0v) is 9.98. The van der Waals surface area contributed by atoms with E-state index in [4.69, 9.17) is 23.4 Å². The third kappa shape index (κ3) is 3.11. The maximum absolute atomic E-state index is 11.5. The highest BCUT2D eigenvalue weighted by molar-refractivity contribution is 6.38. The molecule has 0 spiro atoms. The molecule has 0 aliphatic rings. The van der Waals surface area contributed by atoms with Gasteiger partial charge in [0.1, 0.15) is 4.87 Å². The molecule has 1 unspecified atom stereocenters. The molecule has 0 radical (unpaired) electrons. The lowest BCUT2D eigenvalue weighted by molar-refractivity contribution is -0.122. The zero-order chi connectivity index (χ0) is 11.3. The fourth-order valence-electron chi connectivity index (χ4n) is 1.37. The Morgan fingerprint density at radius 2 is 2.00 bits per heavy atom. The highest BCUT2D eigenvalue weighted by atomic mass is 35.5. The van der Waals surface area contributed by atoms with Crippen LogP contribution in [-0.4, -0.2) is 10.8 Å². The van der Waals surface area contributed by atoms with Crippen LogP contribution in [0.2, 0.25) is 0 Å². The first kappa shape index (κ1) is 12.3. The van der Waals surface area contributed by atoms with Crippen molar-refractivity contribution < 1.29 is 4.79 Å². The molecule has 15 heavy (non-hydrogen) atoms. The van der Waals surface area contributed by atoms with Crippen LogP contribution in [0.15, 0.2) is 30.3 Å². The van der Waals surface area contributed by atoms with Crippen LogP contribution in [0.3, 0.4) is 0 Å².